The van der Waals surface area contributed by atoms with Crippen molar-refractivity contribution in [3.05, 3.63) is 35.4 Å². The van der Waals surface area contributed by atoms with E-state index >= 15 is 0 Å². The second-order valence-electron chi connectivity index (χ2n) is 5.98. The zero-order valence-electron chi connectivity index (χ0n) is 13.6. The molecule has 7 heteroatoms. The van der Waals surface area contributed by atoms with E-state index in [-0.39, 0.29) is 5.91 Å². The monoisotopic (exact) mass is 339 g/mol. The van der Waals surface area contributed by atoms with Crippen LogP contribution in [-0.4, -0.2) is 63.9 Å². The molecule has 24 heavy (non-hydrogen) atoms. The number of amides is 1. The molecule has 5 atom stereocenters. The van der Waals surface area contributed by atoms with Crippen molar-refractivity contribution in [2.24, 2.45) is 0 Å². The van der Waals surface area contributed by atoms with Gasteiger partial charge in [-0.1, -0.05) is 25.5 Å². The summed E-state index contributed by atoms with van der Waals surface area (Å²) >= 11 is 0. The van der Waals surface area contributed by atoms with E-state index in [1.165, 1.54) is 0 Å². The first-order chi connectivity index (χ1) is 11.5. The van der Waals surface area contributed by atoms with Gasteiger partial charge in [-0.3, -0.25) is 4.79 Å². The molecule has 0 radical (unpaired) electrons. The van der Waals surface area contributed by atoms with Crippen LogP contribution in [0.25, 0.3) is 0 Å². The highest BCUT2D eigenvalue weighted by Gasteiger charge is 2.43. The average molecular weight is 339 g/mol. The Kier molecular flexibility index (Phi) is 6.70. The summed E-state index contributed by atoms with van der Waals surface area (Å²) in [6.45, 7) is 2.13. The van der Waals surface area contributed by atoms with E-state index in [4.69, 9.17) is 4.74 Å². The number of unbranched alkanes of at least 4 members (excludes halogenated alkanes) is 1. The van der Waals surface area contributed by atoms with Crippen molar-refractivity contribution < 1.29 is 30.0 Å². The molecule has 0 saturated carbocycles. The maximum absolute atomic E-state index is 12.1. The van der Waals surface area contributed by atoms with Gasteiger partial charge in [-0.2, -0.15) is 0 Å². The van der Waals surface area contributed by atoms with E-state index in [1.54, 1.807) is 24.3 Å². The van der Waals surface area contributed by atoms with Gasteiger partial charge in [0.1, 0.15) is 30.5 Å². The summed E-state index contributed by atoms with van der Waals surface area (Å²) in [5.41, 5.74) is 0.913. The Labute approximate surface area is 140 Å². The molecule has 1 heterocycles. The number of aliphatic hydroxyl groups excluding tert-OH is 4. The maximum Gasteiger partial charge on any atom is 0.251 e. The van der Waals surface area contributed by atoms with Crippen LogP contribution >= 0.6 is 0 Å². The predicted octanol–water partition coefficient (Wildman–Crippen LogP) is -0.269. The van der Waals surface area contributed by atoms with E-state index in [9.17, 15) is 25.2 Å². The second kappa shape index (κ2) is 8.55. The minimum Gasteiger partial charge on any atom is -0.394 e. The highest BCUT2D eigenvalue weighted by molar-refractivity contribution is 5.94. The highest BCUT2D eigenvalue weighted by Crippen LogP contribution is 2.32. The number of rotatable bonds is 6. The normalized spacial score (nSPS) is 30.1. The fourth-order valence-electron chi connectivity index (χ4n) is 2.71. The summed E-state index contributed by atoms with van der Waals surface area (Å²) in [7, 11) is 0. The van der Waals surface area contributed by atoms with E-state index in [0.29, 0.717) is 17.7 Å². The van der Waals surface area contributed by atoms with E-state index < -0.39 is 37.1 Å². The molecule has 134 valence electrons. The summed E-state index contributed by atoms with van der Waals surface area (Å²) in [4.78, 5) is 12.1. The van der Waals surface area contributed by atoms with Crippen molar-refractivity contribution in [2.45, 2.75) is 50.3 Å². The van der Waals surface area contributed by atoms with Crippen LogP contribution in [0.3, 0.4) is 0 Å². The number of hydrogen-bond acceptors (Lipinski definition) is 6. The van der Waals surface area contributed by atoms with Crippen molar-refractivity contribution in [3.63, 3.8) is 0 Å². The summed E-state index contributed by atoms with van der Waals surface area (Å²) < 4.78 is 5.51. The Bertz CT molecular complexity index is 550. The molecule has 5 unspecified atom stereocenters. The van der Waals surface area contributed by atoms with Crippen LogP contribution in [0.2, 0.25) is 0 Å². The average Bonchev–Trinajstić information content (AvgIpc) is 2.60. The lowest BCUT2D eigenvalue weighted by Gasteiger charge is -2.40. The number of carbonyl (C=O) groups excluding carboxylic acids is 1. The standard InChI is InChI=1S/C17H25NO6/c1-2-3-7-18-17(23)11-6-4-5-10(8-11)16-15(22)14(21)13(20)12(9-19)24-16/h4-6,8,12-16,19-22H,2-3,7,9H2,1H3,(H,18,23). The first kappa shape index (κ1) is 18.8. The van der Waals surface area contributed by atoms with Crippen molar-refractivity contribution in [1.82, 2.24) is 5.32 Å². The third-order valence-corrected chi connectivity index (χ3v) is 4.19. The Morgan fingerprint density at radius 3 is 2.62 bits per heavy atom. The van der Waals surface area contributed by atoms with Crippen molar-refractivity contribution in [2.75, 3.05) is 13.2 Å². The molecule has 7 nitrogen and oxygen atoms in total. The van der Waals surface area contributed by atoms with E-state index in [0.717, 1.165) is 12.8 Å². The molecular formula is C17H25NO6. The summed E-state index contributed by atoms with van der Waals surface area (Å²) in [6, 6.07) is 6.55. The van der Waals surface area contributed by atoms with Crippen LogP contribution in [-0.2, 0) is 4.74 Å². The predicted molar refractivity (Wildman–Crippen MR) is 86.4 cm³/mol. The lowest BCUT2D eigenvalue weighted by Crippen LogP contribution is -2.55. The molecule has 1 aromatic carbocycles. The van der Waals surface area contributed by atoms with Crippen molar-refractivity contribution in [3.8, 4) is 0 Å². The van der Waals surface area contributed by atoms with Crippen LogP contribution in [0.1, 0.15) is 41.8 Å². The summed E-state index contributed by atoms with van der Waals surface area (Å²) in [5, 5.41) is 41.9. The quantitative estimate of drug-likeness (QED) is 0.455. The molecule has 1 amide bonds. The summed E-state index contributed by atoms with van der Waals surface area (Å²) in [5.74, 6) is -0.227. The van der Waals surface area contributed by atoms with Gasteiger partial charge in [0.2, 0.25) is 0 Å². The number of ether oxygens (including phenoxy) is 1. The largest absolute Gasteiger partial charge is 0.394 e. The van der Waals surface area contributed by atoms with Gasteiger partial charge in [-0.25, -0.2) is 0 Å². The van der Waals surface area contributed by atoms with Gasteiger partial charge in [-0.15, -0.1) is 0 Å². The number of aliphatic hydroxyl groups is 4. The van der Waals surface area contributed by atoms with Crippen molar-refractivity contribution >= 4 is 5.91 Å². The molecule has 1 saturated heterocycles. The Morgan fingerprint density at radius 1 is 1.21 bits per heavy atom. The molecule has 1 aromatic rings. The Morgan fingerprint density at radius 2 is 1.96 bits per heavy atom. The molecule has 1 aliphatic rings. The van der Waals surface area contributed by atoms with E-state index in [2.05, 4.69) is 5.32 Å². The molecule has 0 spiro atoms. The van der Waals surface area contributed by atoms with Gasteiger partial charge < -0.3 is 30.5 Å². The molecule has 0 aliphatic carbocycles. The zero-order valence-corrected chi connectivity index (χ0v) is 13.6. The van der Waals surface area contributed by atoms with Gasteiger partial charge in [0.05, 0.1) is 6.61 Å². The molecule has 5 N–H and O–H groups in total. The van der Waals surface area contributed by atoms with Crippen LogP contribution < -0.4 is 5.32 Å². The smallest absolute Gasteiger partial charge is 0.251 e. The van der Waals surface area contributed by atoms with E-state index in [1.807, 2.05) is 6.92 Å². The maximum atomic E-state index is 12.1. The second-order valence-corrected chi connectivity index (χ2v) is 5.98. The lowest BCUT2D eigenvalue weighted by molar-refractivity contribution is -0.231. The molecule has 2 rings (SSSR count). The number of hydrogen-bond donors (Lipinski definition) is 5. The molecule has 0 aromatic heterocycles. The van der Waals surface area contributed by atoms with Crippen LogP contribution in [0.15, 0.2) is 24.3 Å². The highest BCUT2D eigenvalue weighted by atomic mass is 16.5. The van der Waals surface area contributed by atoms with Gasteiger partial charge in [0.15, 0.2) is 0 Å². The molecule has 1 fully saturated rings. The van der Waals surface area contributed by atoms with Crippen LogP contribution in [0.4, 0.5) is 0 Å². The number of benzene rings is 1. The van der Waals surface area contributed by atoms with Gasteiger partial charge in [0, 0.05) is 12.1 Å². The van der Waals surface area contributed by atoms with Crippen LogP contribution in [0.5, 0.6) is 0 Å². The summed E-state index contributed by atoms with van der Waals surface area (Å²) in [6.07, 6.45) is -4.26. The first-order valence-electron chi connectivity index (χ1n) is 8.18. The molecule has 0 bridgehead atoms. The topological polar surface area (TPSA) is 119 Å². The van der Waals surface area contributed by atoms with Gasteiger partial charge in [0.25, 0.3) is 5.91 Å². The minimum atomic E-state index is -1.44. The third-order valence-electron chi connectivity index (χ3n) is 4.19. The van der Waals surface area contributed by atoms with Gasteiger partial charge >= 0.3 is 0 Å². The number of nitrogens with one attached hydrogen (secondary N) is 1. The van der Waals surface area contributed by atoms with Gasteiger partial charge in [-0.05, 0) is 24.1 Å². The third kappa shape index (κ3) is 4.12. The Hall–Kier alpha value is -1.51. The first-order valence-corrected chi connectivity index (χ1v) is 8.18. The Balaban J connectivity index is 2.16. The van der Waals surface area contributed by atoms with Crippen LogP contribution in [0, 0.1) is 0 Å². The molecule has 1 aliphatic heterocycles. The number of carbonyl (C=O) groups is 1. The van der Waals surface area contributed by atoms with Crippen molar-refractivity contribution in [1.29, 1.82) is 0 Å². The SMILES string of the molecule is CCCCNC(=O)c1cccc(C2OC(CO)C(O)C(O)C2O)c1. The lowest BCUT2D eigenvalue weighted by atomic mass is 9.90. The molecular weight excluding hydrogens is 314 g/mol. The zero-order chi connectivity index (χ0) is 17.7. The fraction of sp³-hybridized carbons (Fsp3) is 0.588. The fourth-order valence-corrected chi connectivity index (χ4v) is 2.71. The minimum absolute atomic E-state index is 0.227.